The molecule has 0 unspecified atom stereocenters. The zero-order chi connectivity index (χ0) is 22.7. The van der Waals surface area contributed by atoms with Crippen LogP contribution in [0.2, 0.25) is 0 Å². The van der Waals surface area contributed by atoms with E-state index in [1.54, 1.807) is 6.20 Å². The third kappa shape index (κ3) is 3.29. The quantitative estimate of drug-likeness (QED) is 0.611. The summed E-state index contributed by atoms with van der Waals surface area (Å²) < 4.78 is 1.93. The maximum Gasteiger partial charge on any atom is 0.138 e. The Morgan fingerprint density at radius 2 is 1.91 bits per heavy atom. The molecule has 1 heterocycles. The van der Waals surface area contributed by atoms with Crippen molar-refractivity contribution in [3.8, 4) is 6.07 Å². The van der Waals surface area contributed by atoms with Crippen LogP contribution < -0.4 is 0 Å². The average Bonchev–Trinajstić information content (AvgIpc) is 3.37. The van der Waals surface area contributed by atoms with Crippen LogP contribution in [0.1, 0.15) is 97.6 Å². The predicted molar refractivity (Wildman–Crippen MR) is 127 cm³/mol. The number of rotatable bonds is 4. The Morgan fingerprint density at radius 1 is 1.12 bits per heavy atom. The SMILES string of the molecule is CC[C@@]1(O)CC[C@@]2(C)[C@H](CC[C@@H]3[C@@H]2CC[C@]2(C)[C@@H]([C@@H](C)Cn4nccc4C#N)CC[C@@H]32)C1. The first kappa shape index (κ1) is 22.5. The molecule has 4 fully saturated rings. The number of aromatic nitrogens is 2. The van der Waals surface area contributed by atoms with Crippen molar-refractivity contribution in [1.82, 2.24) is 9.78 Å². The monoisotopic (exact) mass is 437 g/mol. The van der Waals surface area contributed by atoms with E-state index in [1.807, 2.05) is 10.7 Å². The lowest BCUT2D eigenvalue weighted by molar-refractivity contribution is -0.152. The molecule has 1 aromatic heterocycles. The summed E-state index contributed by atoms with van der Waals surface area (Å²) in [5.74, 6) is 4.57. The van der Waals surface area contributed by atoms with Crippen molar-refractivity contribution >= 4 is 0 Å². The fourth-order valence-corrected chi connectivity index (χ4v) is 9.59. The van der Waals surface area contributed by atoms with E-state index >= 15 is 0 Å². The maximum atomic E-state index is 11.0. The first-order valence-corrected chi connectivity index (χ1v) is 13.4. The topological polar surface area (TPSA) is 61.8 Å². The standard InChI is InChI=1S/C28H43N3O/c1-5-28(32)14-13-26(3)20(16-28)6-7-22-24-9-8-23(27(24,4)12-10-25(22)26)19(2)18-31-21(17-29)11-15-30-31/h11,15,19-20,22-25,32H,5-10,12-14,16,18H2,1-4H3/t19-,20+,22-,23+,24-,25-,26-,27+,28+/m0/s1. The van der Waals surface area contributed by atoms with Gasteiger partial charge >= 0.3 is 0 Å². The second-order valence-electron chi connectivity index (χ2n) is 12.7. The molecule has 0 amide bonds. The molecule has 4 aliphatic carbocycles. The fraction of sp³-hybridized carbons (Fsp3) is 0.857. The second kappa shape index (κ2) is 7.86. The van der Waals surface area contributed by atoms with Gasteiger partial charge in [0, 0.05) is 6.54 Å². The van der Waals surface area contributed by atoms with Gasteiger partial charge in [0.05, 0.1) is 11.8 Å². The first-order chi connectivity index (χ1) is 15.2. The Morgan fingerprint density at radius 3 is 2.66 bits per heavy atom. The molecule has 9 atom stereocenters. The van der Waals surface area contributed by atoms with Crippen molar-refractivity contribution in [3.05, 3.63) is 18.0 Å². The van der Waals surface area contributed by atoms with E-state index in [-0.39, 0.29) is 0 Å². The lowest BCUT2D eigenvalue weighted by Gasteiger charge is -2.62. The molecule has 1 aromatic rings. The van der Waals surface area contributed by atoms with E-state index < -0.39 is 5.60 Å². The van der Waals surface area contributed by atoms with Crippen LogP contribution in [0.4, 0.5) is 0 Å². The molecule has 0 aliphatic heterocycles. The molecule has 4 heteroatoms. The van der Waals surface area contributed by atoms with E-state index in [2.05, 4.69) is 38.9 Å². The molecule has 4 nitrogen and oxygen atoms in total. The van der Waals surface area contributed by atoms with Crippen molar-refractivity contribution in [2.75, 3.05) is 0 Å². The second-order valence-corrected chi connectivity index (χ2v) is 12.7. The van der Waals surface area contributed by atoms with Crippen molar-refractivity contribution < 1.29 is 5.11 Å². The van der Waals surface area contributed by atoms with Gasteiger partial charge in [0.25, 0.3) is 0 Å². The van der Waals surface area contributed by atoms with Crippen LogP contribution in [0.15, 0.2) is 12.3 Å². The van der Waals surface area contributed by atoms with Gasteiger partial charge in [-0.2, -0.15) is 10.4 Å². The zero-order valence-electron chi connectivity index (χ0n) is 20.7. The summed E-state index contributed by atoms with van der Waals surface area (Å²) in [5.41, 5.74) is 1.16. The summed E-state index contributed by atoms with van der Waals surface area (Å²) in [7, 11) is 0. The van der Waals surface area contributed by atoms with Gasteiger partial charge in [-0.3, -0.25) is 4.68 Å². The molecule has 0 saturated heterocycles. The van der Waals surface area contributed by atoms with E-state index in [4.69, 9.17) is 0 Å². The van der Waals surface area contributed by atoms with Gasteiger partial charge in [-0.15, -0.1) is 0 Å². The Balaban J connectivity index is 1.33. The largest absolute Gasteiger partial charge is 0.390 e. The summed E-state index contributed by atoms with van der Waals surface area (Å²) in [5, 5.41) is 24.9. The minimum absolute atomic E-state index is 0.400. The van der Waals surface area contributed by atoms with Crippen LogP contribution >= 0.6 is 0 Å². The molecule has 4 aliphatic rings. The van der Waals surface area contributed by atoms with Crippen molar-refractivity contribution in [2.24, 2.45) is 46.3 Å². The highest BCUT2D eigenvalue weighted by atomic mass is 16.3. The molecule has 0 bridgehead atoms. The third-order valence-corrected chi connectivity index (χ3v) is 11.5. The summed E-state index contributed by atoms with van der Waals surface area (Å²) >= 11 is 0. The van der Waals surface area contributed by atoms with Crippen LogP contribution in [0.3, 0.4) is 0 Å². The van der Waals surface area contributed by atoms with Crippen LogP contribution in [-0.2, 0) is 6.54 Å². The number of nitrogens with zero attached hydrogens (tertiary/aromatic N) is 3. The Kier molecular flexibility index (Phi) is 5.52. The van der Waals surface area contributed by atoms with Gasteiger partial charge in [-0.1, -0.05) is 27.7 Å². The van der Waals surface area contributed by atoms with Gasteiger partial charge in [0.15, 0.2) is 0 Å². The Bertz CT molecular complexity index is 887. The van der Waals surface area contributed by atoms with Gasteiger partial charge in [-0.25, -0.2) is 0 Å². The Hall–Kier alpha value is -1.34. The van der Waals surface area contributed by atoms with Crippen LogP contribution in [-0.4, -0.2) is 20.5 Å². The van der Waals surface area contributed by atoms with Gasteiger partial charge < -0.3 is 5.11 Å². The molecule has 1 N–H and O–H groups in total. The molecule has 32 heavy (non-hydrogen) atoms. The molecular weight excluding hydrogens is 394 g/mol. The molecule has 0 radical (unpaired) electrons. The highest BCUT2D eigenvalue weighted by molar-refractivity contribution is 5.18. The zero-order valence-corrected chi connectivity index (χ0v) is 20.7. The third-order valence-electron chi connectivity index (χ3n) is 11.5. The number of aliphatic hydroxyl groups is 1. The van der Waals surface area contributed by atoms with Gasteiger partial charge in [0.2, 0.25) is 0 Å². The predicted octanol–water partition coefficient (Wildman–Crippen LogP) is 6.19. The Labute approximate surface area is 194 Å². The maximum absolute atomic E-state index is 11.0. The molecule has 0 aromatic carbocycles. The highest BCUT2D eigenvalue weighted by Crippen LogP contribution is 2.68. The molecule has 0 spiro atoms. The number of fused-ring (bicyclic) bond motifs is 5. The van der Waals surface area contributed by atoms with Gasteiger partial charge in [-0.05, 0) is 117 Å². The molecular formula is C28H43N3O. The highest BCUT2D eigenvalue weighted by Gasteiger charge is 2.61. The van der Waals surface area contributed by atoms with Crippen molar-refractivity contribution in [2.45, 2.75) is 104 Å². The number of hydrogen-bond acceptors (Lipinski definition) is 3. The normalized spacial score (nSPS) is 46.6. The molecule has 176 valence electrons. The van der Waals surface area contributed by atoms with E-state index in [9.17, 15) is 10.4 Å². The smallest absolute Gasteiger partial charge is 0.138 e. The summed E-state index contributed by atoms with van der Waals surface area (Å²) in [6, 6.07) is 4.13. The number of nitriles is 1. The molecule has 4 saturated carbocycles. The number of hydrogen-bond donors (Lipinski definition) is 1. The van der Waals surface area contributed by atoms with Crippen molar-refractivity contribution in [3.63, 3.8) is 0 Å². The lowest BCUT2D eigenvalue weighted by Crippen LogP contribution is -2.56. The lowest BCUT2D eigenvalue weighted by atomic mass is 9.43. The average molecular weight is 438 g/mol. The van der Waals surface area contributed by atoms with Crippen LogP contribution in [0.5, 0.6) is 0 Å². The minimum Gasteiger partial charge on any atom is -0.390 e. The summed E-state index contributed by atoms with van der Waals surface area (Å²) in [6.07, 6.45) is 14.1. The summed E-state index contributed by atoms with van der Waals surface area (Å²) in [4.78, 5) is 0. The van der Waals surface area contributed by atoms with E-state index in [1.165, 1.54) is 44.9 Å². The fourth-order valence-electron chi connectivity index (χ4n) is 9.59. The van der Waals surface area contributed by atoms with E-state index in [0.717, 1.165) is 49.5 Å². The molecule has 5 rings (SSSR count). The van der Waals surface area contributed by atoms with E-state index in [0.29, 0.717) is 28.4 Å². The summed E-state index contributed by atoms with van der Waals surface area (Å²) in [6.45, 7) is 10.7. The minimum atomic E-state index is -0.400. The van der Waals surface area contributed by atoms with Crippen LogP contribution in [0, 0.1) is 57.7 Å². The van der Waals surface area contributed by atoms with Crippen molar-refractivity contribution in [1.29, 1.82) is 5.26 Å². The first-order valence-electron chi connectivity index (χ1n) is 13.4. The van der Waals surface area contributed by atoms with Crippen LogP contribution in [0.25, 0.3) is 0 Å². The van der Waals surface area contributed by atoms with Gasteiger partial charge in [0.1, 0.15) is 11.8 Å².